The molecule has 0 rings (SSSR count). The van der Waals surface area contributed by atoms with E-state index in [0.29, 0.717) is 0 Å². The van der Waals surface area contributed by atoms with Gasteiger partial charge in [0.05, 0.1) is 0 Å². The van der Waals surface area contributed by atoms with Crippen molar-refractivity contribution in [2.45, 2.75) is 19.2 Å². The molecule has 0 heterocycles. The molecule has 0 aromatic heterocycles. The topological polar surface area (TPSA) is 76.0 Å². The monoisotopic (exact) mass is 223 g/mol. The SMILES string of the molecule is [CH2]C(C)(OC(=O)C=C)[PH](O)(O)OCC. The van der Waals surface area contributed by atoms with Crippen molar-refractivity contribution in [3.8, 4) is 0 Å². The number of carbonyl (C=O) groups is 1. The van der Waals surface area contributed by atoms with E-state index < -0.39 is 19.3 Å². The molecule has 0 fully saturated rings. The van der Waals surface area contributed by atoms with E-state index in [1.165, 1.54) is 6.92 Å². The van der Waals surface area contributed by atoms with Crippen LogP contribution in [0.5, 0.6) is 0 Å². The van der Waals surface area contributed by atoms with Crippen LogP contribution in [0.1, 0.15) is 13.8 Å². The second-order valence-corrected chi connectivity index (χ2v) is 5.46. The van der Waals surface area contributed by atoms with Crippen LogP contribution in [0.4, 0.5) is 0 Å². The summed E-state index contributed by atoms with van der Waals surface area (Å²) in [6.45, 7) is 9.55. The minimum absolute atomic E-state index is 0.107. The number of hydrogen-bond donors (Lipinski definition) is 2. The van der Waals surface area contributed by atoms with Crippen molar-refractivity contribution in [3.63, 3.8) is 0 Å². The van der Waals surface area contributed by atoms with Crippen molar-refractivity contribution >= 4 is 13.9 Å². The summed E-state index contributed by atoms with van der Waals surface area (Å²) in [6, 6.07) is 0. The van der Waals surface area contributed by atoms with Crippen LogP contribution in [-0.2, 0) is 14.1 Å². The minimum atomic E-state index is -4.11. The third-order valence-corrected chi connectivity index (χ3v) is 3.70. The zero-order valence-electron chi connectivity index (χ0n) is 8.32. The van der Waals surface area contributed by atoms with Crippen LogP contribution in [0.3, 0.4) is 0 Å². The van der Waals surface area contributed by atoms with Gasteiger partial charge in [0.25, 0.3) is 0 Å². The van der Waals surface area contributed by atoms with E-state index in [2.05, 4.69) is 18.2 Å². The normalized spacial score (nSPS) is 13.5. The second kappa shape index (κ2) is 4.84. The van der Waals surface area contributed by atoms with Gasteiger partial charge in [0.1, 0.15) is 0 Å². The van der Waals surface area contributed by atoms with Gasteiger partial charge < -0.3 is 0 Å². The first-order valence-electron chi connectivity index (χ1n) is 4.06. The van der Waals surface area contributed by atoms with Crippen molar-refractivity contribution in [2.75, 3.05) is 6.61 Å². The number of hydrogen-bond acceptors (Lipinski definition) is 5. The van der Waals surface area contributed by atoms with Crippen LogP contribution in [0.15, 0.2) is 12.7 Å². The van der Waals surface area contributed by atoms with Crippen LogP contribution in [0.25, 0.3) is 0 Å². The van der Waals surface area contributed by atoms with Gasteiger partial charge in [0, 0.05) is 0 Å². The molecule has 0 bridgehead atoms. The summed E-state index contributed by atoms with van der Waals surface area (Å²) in [5.74, 6) is -0.776. The first kappa shape index (κ1) is 13.5. The van der Waals surface area contributed by atoms with Crippen molar-refractivity contribution in [2.24, 2.45) is 0 Å². The quantitative estimate of drug-likeness (QED) is 0.409. The van der Waals surface area contributed by atoms with Crippen LogP contribution in [0, 0.1) is 6.92 Å². The van der Waals surface area contributed by atoms with Gasteiger partial charge in [-0.15, -0.1) is 0 Å². The Morgan fingerprint density at radius 3 is 2.50 bits per heavy atom. The predicted molar refractivity (Wildman–Crippen MR) is 54.4 cm³/mol. The second-order valence-electron chi connectivity index (χ2n) is 2.90. The zero-order valence-corrected chi connectivity index (χ0v) is 9.32. The summed E-state index contributed by atoms with van der Waals surface area (Å²) >= 11 is 0. The van der Waals surface area contributed by atoms with E-state index in [4.69, 9.17) is 4.52 Å². The molecule has 1 radical (unpaired) electrons. The summed E-state index contributed by atoms with van der Waals surface area (Å²) in [7, 11) is -4.11. The molecule has 1 atom stereocenters. The number of rotatable bonds is 5. The summed E-state index contributed by atoms with van der Waals surface area (Å²) in [6.07, 6.45) is 0.917. The molecule has 6 heteroatoms. The molecule has 0 aliphatic carbocycles. The molecule has 1 unspecified atom stereocenters. The van der Waals surface area contributed by atoms with E-state index in [-0.39, 0.29) is 6.61 Å². The predicted octanol–water partition coefficient (Wildman–Crippen LogP) is 0.782. The van der Waals surface area contributed by atoms with Gasteiger partial charge in [0.15, 0.2) is 0 Å². The number of carbonyl (C=O) groups excluding carboxylic acids is 1. The van der Waals surface area contributed by atoms with Gasteiger partial charge in [-0.3, -0.25) is 0 Å². The van der Waals surface area contributed by atoms with E-state index in [9.17, 15) is 14.6 Å². The molecule has 83 valence electrons. The van der Waals surface area contributed by atoms with Gasteiger partial charge in [-0.1, -0.05) is 0 Å². The van der Waals surface area contributed by atoms with Gasteiger partial charge >= 0.3 is 83.1 Å². The number of ether oxygens (including phenoxy) is 1. The molecular weight excluding hydrogens is 207 g/mol. The van der Waals surface area contributed by atoms with E-state index in [1.54, 1.807) is 6.92 Å². The Kier molecular flexibility index (Phi) is 4.68. The van der Waals surface area contributed by atoms with Crippen molar-refractivity contribution in [3.05, 3.63) is 19.6 Å². The van der Waals surface area contributed by atoms with Crippen LogP contribution in [-0.4, -0.2) is 27.7 Å². The Bertz CT molecular complexity index is 224. The molecule has 0 spiro atoms. The molecule has 14 heavy (non-hydrogen) atoms. The molecule has 0 aliphatic heterocycles. The van der Waals surface area contributed by atoms with Crippen molar-refractivity contribution in [1.82, 2.24) is 0 Å². The Labute approximate surface area is 83.9 Å². The Morgan fingerprint density at radius 2 is 2.14 bits per heavy atom. The van der Waals surface area contributed by atoms with Gasteiger partial charge in [-0.05, 0) is 0 Å². The molecule has 0 amide bonds. The third kappa shape index (κ3) is 3.35. The number of esters is 1. The maximum absolute atomic E-state index is 10.8. The van der Waals surface area contributed by atoms with Gasteiger partial charge in [-0.25, -0.2) is 0 Å². The average Bonchev–Trinajstić information content (AvgIpc) is 2.03. The standard InChI is InChI=1S/C8H16O5P/c1-5-7(9)13-8(3,4)14(10,11)12-6-2/h5,10-11,14H,1,3,6H2,2,4H3. The molecule has 0 saturated heterocycles. The summed E-state index contributed by atoms with van der Waals surface area (Å²) in [5.41, 5.74) is 0. The summed E-state index contributed by atoms with van der Waals surface area (Å²) in [5, 5.41) is -1.67. The van der Waals surface area contributed by atoms with Gasteiger partial charge in [-0.2, -0.15) is 0 Å². The van der Waals surface area contributed by atoms with E-state index >= 15 is 0 Å². The van der Waals surface area contributed by atoms with Crippen LogP contribution < -0.4 is 0 Å². The Hall–Kier alpha value is -0.480. The zero-order chi connectivity index (χ0) is 11.4. The Morgan fingerprint density at radius 1 is 1.64 bits per heavy atom. The first-order valence-corrected chi connectivity index (χ1v) is 5.86. The fourth-order valence-corrected chi connectivity index (χ4v) is 1.63. The van der Waals surface area contributed by atoms with Gasteiger partial charge in [0.2, 0.25) is 0 Å². The molecule has 0 aliphatic rings. The van der Waals surface area contributed by atoms with Crippen LogP contribution >= 0.6 is 7.94 Å². The molecule has 0 aromatic carbocycles. The third-order valence-electron chi connectivity index (χ3n) is 1.53. The van der Waals surface area contributed by atoms with Crippen molar-refractivity contribution < 1.29 is 23.8 Å². The Balaban J connectivity index is 4.57. The molecule has 5 nitrogen and oxygen atoms in total. The average molecular weight is 223 g/mol. The molecule has 0 saturated carbocycles. The van der Waals surface area contributed by atoms with Crippen molar-refractivity contribution in [1.29, 1.82) is 0 Å². The van der Waals surface area contributed by atoms with E-state index in [0.717, 1.165) is 6.08 Å². The summed E-state index contributed by atoms with van der Waals surface area (Å²) in [4.78, 5) is 29.8. The van der Waals surface area contributed by atoms with Crippen LogP contribution in [0.2, 0.25) is 0 Å². The maximum atomic E-state index is 10.8. The fraction of sp³-hybridized carbons (Fsp3) is 0.500. The first-order chi connectivity index (χ1) is 6.27. The molecule has 0 aromatic rings. The fourth-order valence-electron chi connectivity index (χ4n) is 0.684. The summed E-state index contributed by atoms with van der Waals surface area (Å²) < 4.78 is 9.39. The molecular formula is C8H16O5P. The van der Waals surface area contributed by atoms with E-state index in [1.807, 2.05) is 0 Å². The molecule has 2 N–H and O–H groups in total.